The maximum Gasteiger partial charge on any atom is 0.321 e. The number of hydrogen-bond donors (Lipinski definition) is 2. The van der Waals surface area contributed by atoms with E-state index in [1.54, 1.807) is 23.6 Å². The summed E-state index contributed by atoms with van der Waals surface area (Å²) in [6, 6.07) is 6.27. The first-order valence-electron chi connectivity index (χ1n) is 7.33. The Balaban J connectivity index is 1.78. The second-order valence-corrected chi connectivity index (χ2v) is 9.13. The number of ketones is 1. The number of sulfonamides is 1. The van der Waals surface area contributed by atoms with Crippen LogP contribution in [0.4, 0.5) is 0 Å². The second kappa shape index (κ2) is 9.03. The van der Waals surface area contributed by atoms with Gasteiger partial charge in [-0.1, -0.05) is 6.07 Å². The molecule has 0 aliphatic carbocycles. The number of amides is 1. The van der Waals surface area contributed by atoms with Gasteiger partial charge in [0.2, 0.25) is 11.7 Å². The van der Waals surface area contributed by atoms with Gasteiger partial charge in [0.1, 0.15) is 10.8 Å². The average Bonchev–Trinajstić information content (AvgIpc) is 3.27. The van der Waals surface area contributed by atoms with Gasteiger partial charge in [-0.15, -0.1) is 22.7 Å². The molecule has 0 bridgehead atoms. The summed E-state index contributed by atoms with van der Waals surface area (Å²) < 4.78 is 30.7. The van der Waals surface area contributed by atoms with Crippen LogP contribution in [0.15, 0.2) is 33.9 Å². The fourth-order valence-corrected chi connectivity index (χ4v) is 4.62. The quantitative estimate of drug-likeness (QED) is 0.468. The van der Waals surface area contributed by atoms with Crippen LogP contribution in [0, 0.1) is 0 Å². The highest BCUT2D eigenvalue weighted by molar-refractivity contribution is 7.91. The topological polar surface area (TPSA) is 119 Å². The van der Waals surface area contributed by atoms with Crippen molar-refractivity contribution in [2.75, 3.05) is 13.2 Å². The van der Waals surface area contributed by atoms with Crippen LogP contribution in [0.2, 0.25) is 0 Å². The predicted molar refractivity (Wildman–Crippen MR) is 96.6 cm³/mol. The molecule has 0 radical (unpaired) electrons. The molecule has 2 N–H and O–H groups in total. The SMILES string of the molecule is CC(=O)NCc1ccc(C(=O)COC(=O)CNS(=O)(=O)c2cccs2)s1. The van der Waals surface area contributed by atoms with E-state index in [4.69, 9.17) is 4.74 Å². The van der Waals surface area contributed by atoms with Crippen molar-refractivity contribution in [1.82, 2.24) is 10.0 Å². The fourth-order valence-electron chi connectivity index (χ4n) is 1.74. The third kappa shape index (κ3) is 6.02. The zero-order valence-electron chi connectivity index (χ0n) is 13.7. The Labute approximate surface area is 158 Å². The number of rotatable bonds is 9. The zero-order valence-corrected chi connectivity index (χ0v) is 16.1. The number of carbonyl (C=O) groups is 3. The molecule has 0 saturated heterocycles. The fraction of sp³-hybridized carbons (Fsp3) is 0.267. The minimum atomic E-state index is -3.76. The number of hydrogen-bond acceptors (Lipinski definition) is 8. The molecule has 8 nitrogen and oxygen atoms in total. The number of ether oxygens (including phenoxy) is 1. The van der Waals surface area contributed by atoms with Crippen molar-refractivity contribution < 1.29 is 27.5 Å². The maximum atomic E-state index is 12.0. The van der Waals surface area contributed by atoms with Gasteiger partial charge in [0, 0.05) is 11.8 Å². The van der Waals surface area contributed by atoms with Gasteiger partial charge in [0.05, 0.1) is 11.4 Å². The Morgan fingerprint density at radius 2 is 1.96 bits per heavy atom. The summed E-state index contributed by atoms with van der Waals surface area (Å²) in [6.07, 6.45) is 0. The largest absolute Gasteiger partial charge is 0.456 e. The summed E-state index contributed by atoms with van der Waals surface area (Å²) in [4.78, 5) is 35.7. The second-order valence-electron chi connectivity index (χ2n) is 5.02. The van der Waals surface area contributed by atoms with Crippen LogP contribution in [0.25, 0.3) is 0 Å². The smallest absolute Gasteiger partial charge is 0.321 e. The number of esters is 1. The van der Waals surface area contributed by atoms with E-state index in [0.717, 1.165) is 16.2 Å². The molecule has 1 amide bonds. The maximum absolute atomic E-state index is 12.0. The number of carbonyl (C=O) groups excluding carboxylic acids is 3. The summed E-state index contributed by atoms with van der Waals surface area (Å²) in [5.74, 6) is -1.43. The highest BCUT2D eigenvalue weighted by Crippen LogP contribution is 2.17. The monoisotopic (exact) mass is 416 g/mol. The van der Waals surface area contributed by atoms with Crippen molar-refractivity contribution in [3.8, 4) is 0 Å². The molecule has 2 heterocycles. The molecule has 2 aromatic rings. The van der Waals surface area contributed by atoms with Crippen molar-refractivity contribution >= 4 is 50.4 Å². The number of nitrogens with one attached hydrogen (secondary N) is 2. The molecule has 11 heteroatoms. The molecular formula is C15H16N2O6S3. The van der Waals surface area contributed by atoms with Crippen LogP contribution < -0.4 is 10.0 Å². The van der Waals surface area contributed by atoms with Crippen molar-refractivity contribution in [3.63, 3.8) is 0 Å². The van der Waals surface area contributed by atoms with Gasteiger partial charge in [-0.05, 0) is 23.6 Å². The van der Waals surface area contributed by atoms with E-state index < -0.39 is 34.9 Å². The molecule has 0 fully saturated rings. The van der Waals surface area contributed by atoms with Crippen molar-refractivity contribution in [3.05, 3.63) is 39.4 Å². The Bertz CT molecular complexity index is 886. The van der Waals surface area contributed by atoms with Gasteiger partial charge in [0.15, 0.2) is 6.61 Å². The lowest BCUT2D eigenvalue weighted by Gasteiger charge is -2.05. The number of Topliss-reactive ketones (excluding diaryl/α,β-unsaturated/α-hetero) is 1. The van der Waals surface area contributed by atoms with E-state index in [2.05, 4.69) is 10.0 Å². The molecular weight excluding hydrogens is 400 g/mol. The lowest BCUT2D eigenvalue weighted by molar-refractivity contribution is -0.141. The van der Waals surface area contributed by atoms with Gasteiger partial charge in [-0.2, -0.15) is 4.72 Å². The van der Waals surface area contributed by atoms with Crippen molar-refractivity contribution in [2.45, 2.75) is 17.7 Å². The van der Waals surface area contributed by atoms with Gasteiger partial charge in [-0.3, -0.25) is 14.4 Å². The van der Waals surface area contributed by atoms with Crippen LogP contribution in [0.5, 0.6) is 0 Å². The van der Waals surface area contributed by atoms with Gasteiger partial charge in [-0.25, -0.2) is 8.42 Å². The Hall–Kier alpha value is -2.08. The minimum Gasteiger partial charge on any atom is -0.456 e. The molecule has 2 rings (SSSR count). The standard InChI is InChI=1S/C15H16N2O6S3/c1-10(18)16-7-11-4-5-13(25-11)12(19)9-23-14(20)8-17-26(21,22)15-3-2-6-24-15/h2-6,17H,7-9H2,1H3,(H,16,18). The third-order valence-corrected chi connectivity index (χ3v) is 6.90. The third-order valence-electron chi connectivity index (χ3n) is 2.98. The first-order valence-corrected chi connectivity index (χ1v) is 10.5. The van der Waals surface area contributed by atoms with Crippen LogP contribution in [0.1, 0.15) is 21.5 Å². The first kappa shape index (κ1) is 20.2. The normalized spacial score (nSPS) is 11.1. The number of thiophene rings is 2. The molecule has 2 aromatic heterocycles. The average molecular weight is 417 g/mol. The van der Waals surface area contributed by atoms with Gasteiger partial charge < -0.3 is 10.1 Å². The molecule has 0 atom stereocenters. The molecule has 0 saturated carbocycles. The summed E-state index contributed by atoms with van der Waals surface area (Å²) in [7, 11) is -3.76. The predicted octanol–water partition coefficient (Wildman–Crippen LogP) is 1.15. The molecule has 0 aliphatic heterocycles. The summed E-state index contributed by atoms with van der Waals surface area (Å²) in [5, 5.41) is 4.22. The van der Waals surface area contributed by atoms with Crippen LogP contribution in [-0.2, 0) is 30.9 Å². The molecule has 0 aromatic carbocycles. The Kier molecular flexibility index (Phi) is 7.03. The molecule has 26 heavy (non-hydrogen) atoms. The van der Waals surface area contributed by atoms with E-state index in [1.165, 1.54) is 24.3 Å². The van der Waals surface area contributed by atoms with Crippen molar-refractivity contribution in [1.29, 1.82) is 0 Å². The molecule has 0 aliphatic rings. The van der Waals surface area contributed by atoms with Gasteiger partial charge >= 0.3 is 5.97 Å². The van der Waals surface area contributed by atoms with E-state index >= 15 is 0 Å². The summed E-state index contributed by atoms with van der Waals surface area (Å²) in [5.41, 5.74) is 0. The van der Waals surface area contributed by atoms with E-state index in [1.807, 2.05) is 0 Å². The van der Waals surface area contributed by atoms with E-state index in [0.29, 0.717) is 11.4 Å². The Morgan fingerprint density at radius 3 is 2.62 bits per heavy atom. The van der Waals surface area contributed by atoms with E-state index in [9.17, 15) is 22.8 Å². The summed E-state index contributed by atoms with van der Waals surface area (Å²) >= 11 is 2.21. The minimum absolute atomic E-state index is 0.0895. The highest BCUT2D eigenvalue weighted by Gasteiger charge is 2.18. The van der Waals surface area contributed by atoms with Crippen LogP contribution in [-0.4, -0.2) is 39.2 Å². The lowest BCUT2D eigenvalue weighted by atomic mass is 10.3. The zero-order chi connectivity index (χ0) is 19.2. The first-order chi connectivity index (χ1) is 12.3. The van der Waals surface area contributed by atoms with Crippen LogP contribution in [0.3, 0.4) is 0 Å². The highest BCUT2D eigenvalue weighted by atomic mass is 32.2. The van der Waals surface area contributed by atoms with E-state index in [-0.39, 0.29) is 10.1 Å². The van der Waals surface area contributed by atoms with Crippen molar-refractivity contribution in [2.24, 2.45) is 0 Å². The molecule has 0 unspecified atom stereocenters. The lowest BCUT2D eigenvalue weighted by Crippen LogP contribution is -2.31. The summed E-state index contributed by atoms with van der Waals surface area (Å²) in [6.45, 7) is 0.661. The van der Waals surface area contributed by atoms with Crippen LogP contribution >= 0.6 is 22.7 Å². The Morgan fingerprint density at radius 1 is 1.19 bits per heavy atom. The molecule has 0 spiro atoms. The molecule has 140 valence electrons. The van der Waals surface area contributed by atoms with Gasteiger partial charge in [0.25, 0.3) is 10.0 Å².